The molecule has 1 aliphatic heterocycles. The molecule has 0 aliphatic carbocycles. The van der Waals surface area contributed by atoms with Crippen LogP contribution in [-0.2, 0) is 6.54 Å². The maximum atomic E-state index is 13.0. The van der Waals surface area contributed by atoms with Gasteiger partial charge in [0.25, 0.3) is 5.91 Å². The first-order chi connectivity index (χ1) is 11.0. The van der Waals surface area contributed by atoms with Crippen LogP contribution in [0.15, 0.2) is 23.8 Å². The summed E-state index contributed by atoms with van der Waals surface area (Å²) < 4.78 is 3.38. The second kappa shape index (κ2) is 6.49. The summed E-state index contributed by atoms with van der Waals surface area (Å²) >= 11 is 1.77. The average Bonchev–Trinajstić information content (AvgIpc) is 3.01. The molecule has 0 spiro atoms. The van der Waals surface area contributed by atoms with E-state index in [4.69, 9.17) is 0 Å². The van der Waals surface area contributed by atoms with Gasteiger partial charge in [-0.2, -0.15) is 0 Å². The molecule has 1 amide bonds. The Kier molecular flexibility index (Phi) is 4.60. The van der Waals surface area contributed by atoms with Crippen LogP contribution < -0.4 is 0 Å². The highest BCUT2D eigenvalue weighted by atomic mass is 32.1. The maximum Gasteiger partial charge on any atom is 0.270 e. The number of aryl methyl sites for hydroxylation is 1. The smallest absolute Gasteiger partial charge is 0.270 e. The first-order valence-electron chi connectivity index (χ1n) is 8.16. The highest BCUT2D eigenvalue weighted by molar-refractivity contribution is 7.19. The van der Waals surface area contributed by atoms with Gasteiger partial charge in [-0.05, 0) is 40.0 Å². The predicted molar refractivity (Wildman–Crippen MR) is 97.4 cm³/mol. The molecule has 0 atom stereocenters. The Morgan fingerprint density at radius 2 is 1.91 bits per heavy atom. The summed E-state index contributed by atoms with van der Waals surface area (Å²) in [5.41, 5.74) is 3.28. The fraction of sp³-hybridized carbons (Fsp3) is 0.500. The van der Waals surface area contributed by atoms with Crippen molar-refractivity contribution in [2.75, 3.05) is 33.2 Å². The van der Waals surface area contributed by atoms with E-state index in [1.54, 1.807) is 11.3 Å². The third-order valence-corrected chi connectivity index (χ3v) is 5.39. The molecule has 1 saturated heterocycles. The molecule has 23 heavy (non-hydrogen) atoms. The SMILES string of the molecule is CC(C)=CCn1c(C(=O)N2CCN(C)CC2)cc2sc(C)cc21. The van der Waals surface area contributed by atoms with Gasteiger partial charge in [-0.15, -0.1) is 11.3 Å². The molecule has 1 aliphatic rings. The van der Waals surface area contributed by atoms with Crippen LogP contribution in [0, 0.1) is 6.92 Å². The molecule has 2 aromatic rings. The number of piperazine rings is 1. The molecular weight excluding hydrogens is 306 g/mol. The van der Waals surface area contributed by atoms with E-state index in [1.165, 1.54) is 20.7 Å². The van der Waals surface area contributed by atoms with Crippen molar-refractivity contribution in [2.24, 2.45) is 0 Å². The molecule has 1 fully saturated rings. The van der Waals surface area contributed by atoms with E-state index in [-0.39, 0.29) is 5.91 Å². The van der Waals surface area contributed by atoms with Crippen molar-refractivity contribution < 1.29 is 4.79 Å². The van der Waals surface area contributed by atoms with Gasteiger partial charge in [0, 0.05) is 37.6 Å². The number of hydrogen-bond donors (Lipinski definition) is 0. The molecule has 0 aromatic carbocycles. The van der Waals surface area contributed by atoms with Crippen molar-refractivity contribution >= 4 is 27.5 Å². The Labute approximate surface area is 142 Å². The zero-order valence-corrected chi connectivity index (χ0v) is 15.2. The summed E-state index contributed by atoms with van der Waals surface area (Å²) in [6.07, 6.45) is 2.19. The molecular formula is C18H25N3OS. The van der Waals surface area contributed by atoms with Gasteiger partial charge in [-0.1, -0.05) is 11.6 Å². The van der Waals surface area contributed by atoms with Gasteiger partial charge in [0.2, 0.25) is 0 Å². The fourth-order valence-electron chi connectivity index (χ4n) is 2.98. The lowest BCUT2D eigenvalue weighted by Gasteiger charge is -2.32. The van der Waals surface area contributed by atoms with Gasteiger partial charge in [-0.25, -0.2) is 0 Å². The zero-order valence-electron chi connectivity index (χ0n) is 14.4. The summed E-state index contributed by atoms with van der Waals surface area (Å²) in [7, 11) is 2.11. The van der Waals surface area contributed by atoms with Crippen molar-refractivity contribution in [3.05, 3.63) is 34.4 Å². The third kappa shape index (κ3) is 3.35. The predicted octanol–water partition coefficient (Wildman–Crippen LogP) is 3.37. The van der Waals surface area contributed by atoms with E-state index in [2.05, 4.69) is 55.5 Å². The summed E-state index contributed by atoms with van der Waals surface area (Å²) in [6, 6.07) is 4.27. The van der Waals surface area contributed by atoms with Crippen LogP contribution in [0.4, 0.5) is 0 Å². The van der Waals surface area contributed by atoms with Crippen molar-refractivity contribution in [3.63, 3.8) is 0 Å². The number of nitrogens with zero attached hydrogens (tertiary/aromatic N) is 3. The Morgan fingerprint density at radius 1 is 1.22 bits per heavy atom. The van der Waals surface area contributed by atoms with Crippen LogP contribution >= 0.6 is 11.3 Å². The number of thiophene rings is 1. The van der Waals surface area contributed by atoms with Crippen molar-refractivity contribution in [1.82, 2.24) is 14.4 Å². The first kappa shape index (κ1) is 16.3. The average molecular weight is 331 g/mol. The molecule has 0 N–H and O–H groups in total. The maximum absolute atomic E-state index is 13.0. The number of carbonyl (C=O) groups excluding carboxylic acids is 1. The zero-order chi connectivity index (χ0) is 16.6. The van der Waals surface area contributed by atoms with E-state index < -0.39 is 0 Å². The summed E-state index contributed by atoms with van der Waals surface area (Å²) in [4.78, 5) is 18.5. The lowest BCUT2D eigenvalue weighted by atomic mass is 10.2. The van der Waals surface area contributed by atoms with E-state index in [9.17, 15) is 4.79 Å². The highest BCUT2D eigenvalue weighted by Gasteiger charge is 2.24. The number of hydrogen-bond acceptors (Lipinski definition) is 3. The molecule has 2 aromatic heterocycles. The minimum Gasteiger partial charge on any atom is -0.335 e. The molecule has 0 radical (unpaired) electrons. The topological polar surface area (TPSA) is 28.5 Å². The van der Waals surface area contributed by atoms with Crippen LogP contribution in [0.1, 0.15) is 29.2 Å². The fourth-order valence-corrected chi connectivity index (χ4v) is 3.95. The van der Waals surface area contributed by atoms with E-state index in [0.717, 1.165) is 38.4 Å². The standard InChI is InChI=1S/C18H25N3OS/c1-13(2)5-6-21-15-11-14(3)23-17(15)12-16(21)18(22)20-9-7-19(4)8-10-20/h5,11-12H,6-10H2,1-4H3. The van der Waals surface area contributed by atoms with Crippen LogP contribution in [0.2, 0.25) is 0 Å². The van der Waals surface area contributed by atoms with Crippen LogP contribution in [0.3, 0.4) is 0 Å². The number of fused-ring (bicyclic) bond motifs is 1. The van der Waals surface area contributed by atoms with Gasteiger partial charge < -0.3 is 14.4 Å². The Hall–Kier alpha value is -1.59. The van der Waals surface area contributed by atoms with E-state index in [0.29, 0.717) is 0 Å². The van der Waals surface area contributed by atoms with Crippen LogP contribution in [-0.4, -0.2) is 53.5 Å². The van der Waals surface area contributed by atoms with Crippen molar-refractivity contribution in [1.29, 1.82) is 0 Å². The van der Waals surface area contributed by atoms with Crippen LogP contribution in [0.25, 0.3) is 10.2 Å². The Morgan fingerprint density at radius 3 is 2.57 bits per heavy atom. The number of aromatic nitrogens is 1. The summed E-state index contributed by atoms with van der Waals surface area (Å²) in [5.74, 6) is 0.168. The van der Waals surface area contributed by atoms with Crippen molar-refractivity contribution in [3.8, 4) is 0 Å². The van der Waals surface area contributed by atoms with Crippen molar-refractivity contribution in [2.45, 2.75) is 27.3 Å². The second-order valence-corrected chi connectivity index (χ2v) is 7.91. The lowest BCUT2D eigenvalue weighted by Crippen LogP contribution is -2.47. The molecule has 0 bridgehead atoms. The first-order valence-corrected chi connectivity index (χ1v) is 8.98. The lowest BCUT2D eigenvalue weighted by molar-refractivity contribution is 0.0654. The van der Waals surface area contributed by atoms with Crippen LogP contribution in [0.5, 0.6) is 0 Å². The molecule has 3 rings (SSSR count). The van der Waals surface area contributed by atoms with Gasteiger partial charge in [0.05, 0.1) is 10.2 Å². The Balaban J connectivity index is 1.95. The summed E-state index contributed by atoms with van der Waals surface area (Å²) in [6.45, 7) is 10.6. The quantitative estimate of drug-likeness (QED) is 0.807. The molecule has 0 saturated carbocycles. The highest BCUT2D eigenvalue weighted by Crippen LogP contribution is 2.29. The number of carbonyl (C=O) groups is 1. The van der Waals surface area contributed by atoms with Gasteiger partial charge in [0.15, 0.2) is 0 Å². The number of allylic oxidation sites excluding steroid dienone is 2. The molecule has 3 heterocycles. The monoisotopic (exact) mass is 331 g/mol. The normalized spacial score (nSPS) is 16.1. The minimum absolute atomic E-state index is 0.168. The second-order valence-electron chi connectivity index (χ2n) is 6.62. The Bertz CT molecular complexity index is 744. The molecule has 5 heteroatoms. The van der Waals surface area contributed by atoms with Gasteiger partial charge in [0.1, 0.15) is 5.69 Å². The number of rotatable bonds is 3. The van der Waals surface area contributed by atoms with Gasteiger partial charge in [-0.3, -0.25) is 4.79 Å². The number of amides is 1. The molecule has 124 valence electrons. The molecule has 4 nitrogen and oxygen atoms in total. The minimum atomic E-state index is 0.168. The number of likely N-dealkylation sites (N-methyl/N-ethyl adjacent to an activating group) is 1. The molecule has 0 unspecified atom stereocenters. The largest absolute Gasteiger partial charge is 0.335 e. The van der Waals surface area contributed by atoms with E-state index >= 15 is 0 Å². The van der Waals surface area contributed by atoms with E-state index in [1.807, 2.05) is 4.90 Å². The van der Waals surface area contributed by atoms with Gasteiger partial charge >= 0.3 is 0 Å². The third-order valence-electron chi connectivity index (χ3n) is 4.40. The summed E-state index contributed by atoms with van der Waals surface area (Å²) in [5, 5.41) is 0.